The number of rotatable bonds is 4. The smallest absolute Gasteiger partial charge is 0.207 e. The third-order valence-electron chi connectivity index (χ3n) is 2.62. The number of nitrogens with zero attached hydrogens (tertiary/aromatic N) is 1. The van der Waals surface area contributed by atoms with E-state index in [1.54, 1.807) is 6.07 Å². The van der Waals surface area contributed by atoms with E-state index in [-0.39, 0.29) is 16.3 Å². The van der Waals surface area contributed by atoms with Crippen molar-refractivity contribution < 1.29 is 17.2 Å². The minimum atomic E-state index is -3.68. The molecule has 0 radical (unpaired) electrons. The van der Waals surface area contributed by atoms with Gasteiger partial charge in [-0.2, -0.15) is 4.31 Å². The minimum absolute atomic E-state index is 0.119. The van der Waals surface area contributed by atoms with Gasteiger partial charge in [0, 0.05) is 25.2 Å². The number of thiophene rings is 1. The topological polar surface area (TPSA) is 37.4 Å². The first-order valence-corrected chi connectivity index (χ1v) is 8.51. The molecule has 0 N–H and O–H groups in total. The first-order chi connectivity index (χ1) is 9.30. The highest BCUT2D eigenvalue weighted by Gasteiger charge is 2.23. The van der Waals surface area contributed by atoms with Gasteiger partial charge in [-0.25, -0.2) is 17.2 Å². The van der Waals surface area contributed by atoms with Crippen LogP contribution in [0.15, 0.2) is 38.3 Å². The Morgan fingerprint density at radius 1 is 1.25 bits per heavy atom. The Bertz CT molecular complexity index is 731. The molecule has 108 valence electrons. The third kappa shape index (κ3) is 3.25. The molecule has 1 aromatic heterocycles. The highest BCUT2D eigenvalue weighted by molar-refractivity contribution is 9.11. The van der Waals surface area contributed by atoms with Crippen LogP contribution in [0, 0.1) is 11.6 Å². The van der Waals surface area contributed by atoms with Crippen molar-refractivity contribution in [3.05, 3.63) is 51.3 Å². The Morgan fingerprint density at radius 3 is 2.50 bits per heavy atom. The number of hydrogen-bond acceptors (Lipinski definition) is 3. The van der Waals surface area contributed by atoms with Gasteiger partial charge in [0.25, 0.3) is 10.0 Å². The molecule has 20 heavy (non-hydrogen) atoms. The molecule has 0 fully saturated rings. The predicted octanol–water partition coefficient (Wildman–Crippen LogP) is 3.61. The maximum absolute atomic E-state index is 13.5. The summed E-state index contributed by atoms with van der Waals surface area (Å²) in [5.74, 6) is -1.46. The van der Waals surface area contributed by atoms with Crippen molar-refractivity contribution in [1.29, 1.82) is 0 Å². The Labute approximate surface area is 128 Å². The summed E-state index contributed by atoms with van der Waals surface area (Å²) in [6, 6.07) is 6.17. The van der Waals surface area contributed by atoms with Crippen LogP contribution in [0.1, 0.15) is 5.56 Å². The summed E-state index contributed by atoms with van der Waals surface area (Å²) >= 11 is 4.27. The average Bonchev–Trinajstić information content (AvgIpc) is 2.80. The summed E-state index contributed by atoms with van der Waals surface area (Å²) in [5, 5.41) is 0. The molecule has 3 nitrogen and oxygen atoms in total. The zero-order chi connectivity index (χ0) is 14.9. The van der Waals surface area contributed by atoms with Gasteiger partial charge in [0.15, 0.2) is 0 Å². The van der Waals surface area contributed by atoms with Crippen LogP contribution in [0.2, 0.25) is 0 Å². The second-order valence-corrected chi connectivity index (χ2v) is 8.79. The summed E-state index contributed by atoms with van der Waals surface area (Å²) in [6.45, 7) is -0.163. The zero-order valence-electron chi connectivity index (χ0n) is 10.3. The van der Waals surface area contributed by atoms with E-state index in [2.05, 4.69) is 15.9 Å². The van der Waals surface area contributed by atoms with Crippen LogP contribution < -0.4 is 0 Å². The predicted molar refractivity (Wildman–Crippen MR) is 77.0 cm³/mol. The fourth-order valence-electron chi connectivity index (χ4n) is 1.56. The largest absolute Gasteiger partial charge is 0.252 e. The van der Waals surface area contributed by atoms with Crippen LogP contribution in [0.4, 0.5) is 8.78 Å². The van der Waals surface area contributed by atoms with Gasteiger partial charge in [-0.05, 0) is 34.1 Å². The number of sulfonamides is 1. The van der Waals surface area contributed by atoms with Crippen molar-refractivity contribution in [2.45, 2.75) is 10.8 Å². The van der Waals surface area contributed by atoms with Crippen LogP contribution in [0.5, 0.6) is 0 Å². The van der Waals surface area contributed by atoms with Crippen molar-refractivity contribution in [1.82, 2.24) is 4.31 Å². The normalized spacial score (nSPS) is 12.1. The van der Waals surface area contributed by atoms with Gasteiger partial charge in [0.05, 0.1) is 3.79 Å². The molecule has 0 unspecified atom stereocenters. The Hall–Kier alpha value is -0.830. The summed E-state index contributed by atoms with van der Waals surface area (Å²) < 4.78 is 52.7. The monoisotopic (exact) mass is 381 g/mol. The van der Waals surface area contributed by atoms with Crippen molar-refractivity contribution in [2.75, 3.05) is 7.05 Å². The third-order valence-corrected chi connectivity index (χ3v) is 6.52. The van der Waals surface area contributed by atoms with E-state index in [0.717, 1.165) is 27.8 Å². The summed E-state index contributed by atoms with van der Waals surface area (Å²) in [7, 11) is -2.33. The standard InChI is InChI=1S/C12H10BrF2NO2S2/c1-16(7-8-2-3-9(14)6-10(8)15)20(17,18)12-5-4-11(13)19-12/h2-6H,7H2,1H3. The lowest BCUT2D eigenvalue weighted by Gasteiger charge is -2.16. The molecule has 0 saturated heterocycles. The lowest BCUT2D eigenvalue weighted by molar-refractivity contribution is 0.456. The molecule has 0 spiro atoms. The molecule has 2 aromatic rings. The molecule has 1 heterocycles. The summed E-state index contributed by atoms with van der Waals surface area (Å²) in [6.07, 6.45) is 0. The van der Waals surface area contributed by atoms with E-state index in [9.17, 15) is 17.2 Å². The molecule has 0 bridgehead atoms. The maximum atomic E-state index is 13.5. The van der Waals surface area contributed by atoms with E-state index < -0.39 is 21.7 Å². The average molecular weight is 382 g/mol. The second-order valence-electron chi connectivity index (χ2n) is 4.06. The molecule has 0 saturated carbocycles. The number of halogens is 3. The van der Waals surface area contributed by atoms with Crippen LogP contribution in [0.25, 0.3) is 0 Å². The number of benzene rings is 1. The summed E-state index contributed by atoms with van der Waals surface area (Å²) in [5.41, 5.74) is 0.119. The van der Waals surface area contributed by atoms with Crippen LogP contribution in [-0.2, 0) is 16.6 Å². The molecule has 0 aliphatic heterocycles. The van der Waals surface area contributed by atoms with Gasteiger partial charge in [0.1, 0.15) is 15.8 Å². The van der Waals surface area contributed by atoms with E-state index in [4.69, 9.17) is 0 Å². The Balaban J connectivity index is 2.25. The van der Waals surface area contributed by atoms with E-state index in [0.29, 0.717) is 3.79 Å². The molecule has 0 amide bonds. The van der Waals surface area contributed by atoms with E-state index >= 15 is 0 Å². The fourth-order valence-corrected chi connectivity index (χ4v) is 4.93. The molecule has 8 heteroatoms. The first-order valence-electron chi connectivity index (χ1n) is 5.46. The van der Waals surface area contributed by atoms with Gasteiger partial charge in [0.2, 0.25) is 0 Å². The van der Waals surface area contributed by atoms with Gasteiger partial charge in [-0.1, -0.05) is 6.07 Å². The van der Waals surface area contributed by atoms with E-state index in [1.165, 1.54) is 19.2 Å². The Morgan fingerprint density at radius 2 is 1.95 bits per heavy atom. The summed E-state index contributed by atoms with van der Waals surface area (Å²) in [4.78, 5) is 0. The fraction of sp³-hybridized carbons (Fsp3) is 0.167. The van der Waals surface area contributed by atoms with Gasteiger partial charge < -0.3 is 0 Å². The molecule has 0 aliphatic carbocycles. The molecular weight excluding hydrogens is 372 g/mol. The molecule has 0 atom stereocenters. The van der Waals surface area contributed by atoms with Crippen molar-refractivity contribution >= 4 is 37.3 Å². The number of hydrogen-bond donors (Lipinski definition) is 0. The van der Waals surface area contributed by atoms with Crippen LogP contribution in [0.3, 0.4) is 0 Å². The highest BCUT2D eigenvalue weighted by Crippen LogP contribution is 2.28. The molecular formula is C12H10BrF2NO2S2. The lowest BCUT2D eigenvalue weighted by Crippen LogP contribution is -2.26. The first kappa shape index (κ1) is 15.6. The van der Waals surface area contributed by atoms with Crippen molar-refractivity contribution in [3.63, 3.8) is 0 Å². The Kier molecular flexibility index (Phi) is 4.58. The zero-order valence-corrected chi connectivity index (χ0v) is 13.5. The highest BCUT2D eigenvalue weighted by atomic mass is 79.9. The van der Waals surface area contributed by atoms with Gasteiger partial charge in [-0.3, -0.25) is 0 Å². The van der Waals surface area contributed by atoms with Gasteiger partial charge >= 0.3 is 0 Å². The molecule has 1 aromatic carbocycles. The SMILES string of the molecule is CN(Cc1ccc(F)cc1F)S(=O)(=O)c1ccc(Br)s1. The van der Waals surface area contributed by atoms with Gasteiger partial charge in [-0.15, -0.1) is 11.3 Å². The quantitative estimate of drug-likeness (QED) is 0.810. The van der Waals surface area contributed by atoms with Crippen LogP contribution >= 0.6 is 27.3 Å². The molecule has 0 aliphatic rings. The minimum Gasteiger partial charge on any atom is -0.207 e. The van der Waals surface area contributed by atoms with E-state index in [1.807, 2.05) is 0 Å². The van der Waals surface area contributed by atoms with Crippen LogP contribution in [-0.4, -0.2) is 19.8 Å². The lowest BCUT2D eigenvalue weighted by atomic mass is 10.2. The van der Waals surface area contributed by atoms with Crippen molar-refractivity contribution in [2.24, 2.45) is 0 Å². The second kappa shape index (κ2) is 5.88. The maximum Gasteiger partial charge on any atom is 0.252 e. The van der Waals surface area contributed by atoms with Crippen molar-refractivity contribution in [3.8, 4) is 0 Å². The molecule has 2 rings (SSSR count).